The fraction of sp³-hybridized carbons (Fsp3) is 0.143. The molecule has 0 fully saturated rings. The smallest absolute Gasteiger partial charge is 0.371 e. The fourth-order valence-electron chi connectivity index (χ4n) is 1.91. The fourth-order valence-corrected chi connectivity index (χ4v) is 3.46. The molecule has 27 heavy (non-hydrogen) atoms. The Labute approximate surface area is 171 Å². The normalized spacial score (nSPS) is 12.6. The van der Waals surface area contributed by atoms with Gasteiger partial charge >= 0.3 is 20.6 Å². The summed E-state index contributed by atoms with van der Waals surface area (Å²) in [6, 6.07) is 12.3. The Balaban J connectivity index is 2.12. The molecule has 0 bridgehead atoms. The van der Waals surface area contributed by atoms with Crippen LogP contribution in [0.15, 0.2) is 48.5 Å². The molecule has 0 aliphatic rings. The second kappa shape index (κ2) is 8.39. The topological polar surface area (TPSA) is 125 Å². The van der Waals surface area contributed by atoms with E-state index < -0.39 is 31.0 Å². The first-order chi connectivity index (χ1) is 12.3. The van der Waals surface area contributed by atoms with Crippen molar-refractivity contribution in [1.82, 2.24) is 0 Å². The molecule has 8 nitrogen and oxygen atoms in total. The maximum Gasteiger partial charge on any atom is 0.380 e. The van der Waals surface area contributed by atoms with Crippen LogP contribution in [0.1, 0.15) is 0 Å². The summed E-state index contributed by atoms with van der Waals surface area (Å²) in [4.78, 5) is 0. The highest BCUT2D eigenvalue weighted by molar-refractivity contribution is 7.88. The van der Waals surface area contributed by atoms with Crippen molar-refractivity contribution in [1.29, 1.82) is 0 Å². The number of alkyl halides is 3. The van der Waals surface area contributed by atoms with Crippen molar-refractivity contribution in [3.8, 4) is 16.9 Å². The second-order valence-corrected chi connectivity index (χ2v) is 10.1. The molecule has 0 unspecified atom stereocenters. The molecule has 0 aliphatic heterocycles. The molecule has 0 saturated carbocycles. The van der Waals surface area contributed by atoms with Gasteiger partial charge in [-0.15, -0.1) is 0 Å². The Hall–Kier alpha value is -1.27. The summed E-state index contributed by atoms with van der Waals surface area (Å²) in [6.45, 7) is -0.651. The molecular weight excluding hydrogens is 463 g/mol. The Morgan fingerprint density at radius 3 is 2.15 bits per heavy atom. The summed E-state index contributed by atoms with van der Waals surface area (Å²) in [7, 11) is -8.31. The summed E-state index contributed by atoms with van der Waals surface area (Å²) in [6.07, 6.45) is 0. The number of rotatable bonds is 7. The van der Waals surface area contributed by atoms with Gasteiger partial charge < -0.3 is 4.18 Å². The predicted octanol–water partition coefficient (Wildman–Crippen LogP) is 2.98. The third-order valence-corrected chi connectivity index (χ3v) is 4.55. The van der Waals surface area contributed by atoms with E-state index >= 15 is 0 Å². The Morgan fingerprint density at radius 2 is 1.59 bits per heavy atom. The zero-order valence-electron chi connectivity index (χ0n) is 13.3. The van der Waals surface area contributed by atoms with Crippen molar-refractivity contribution in [3.05, 3.63) is 48.5 Å². The first-order valence-corrected chi connectivity index (χ1v) is 11.0. The minimum atomic E-state index is -4.18. The van der Waals surface area contributed by atoms with Crippen LogP contribution in [-0.2, 0) is 24.8 Å². The third kappa shape index (κ3) is 8.09. The highest BCUT2D eigenvalue weighted by atomic mass is 35.6. The van der Waals surface area contributed by atoms with Gasteiger partial charge in [0.2, 0.25) is 3.79 Å². The average molecular weight is 476 g/mol. The van der Waals surface area contributed by atoms with Gasteiger partial charge in [-0.1, -0.05) is 59.1 Å². The predicted molar refractivity (Wildman–Crippen MR) is 104 cm³/mol. The van der Waals surface area contributed by atoms with Gasteiger partial charge in [0, 0.05) is 0 Å². The number of nitrogens with one attached hydrogen (secondary N) is 1. The maximum atomic E-state index is 11.8. The minimum Gasteiger partial charge on any atom is -0.371 e. The van der Waals surface area contributed by atoms with Gasteiger partial charge in [-0.2, -0.15) is 22.0 Å². The van der Waals surface area contributed by atoms with Crippen molar-refractivity contribution >= 4 is 61.1 Å². The number of benzene rings is 2. The highest BCUT2D eigenvalue weighted by Crippen LogP contribution is 2.28. The first-order valence-electron chi connectivity index (χ1n) is 7.00. The zero-order valence-corrected chi connectivity index (χ0v) is 17.2. The molecule has 0 saturated heterocycles. The molecule has 0 radical (unpaired) electrons. The van der Waals surface area contributed by atoms with Crippen LogP contribution in [0, 0.1) is 0 Å². The van der Waals surface area contributed by atoms with E-state index in [0.29, 0.717) is 11.1 Å². The van der Waals surface area contributed by atoms with Crippen molar-refractivity contribution in [2.75, 3.05) is 11.3 Å². The van der Waals surface area contributed by atoms with Crippen LogP contribution in [0.3, 0.4) is 0 Å². The van der Waals surface area contributed by atoms with Crippen LogP contribution in [0.25, 0.3) is 11.1 Å². The Morgan fingerprint density at radius 1 is 0.963 bits per heavy atom. The van der Waals surface area contributed by atoms with E-state index in [0.717, 1.165) is 0 Å². The van der Waals surface area contributed by atoms with Gasteiger partial charge in [-0.25, -0.2) is 4.18 Å². The van der Waals surface area contributed by atoms with Crippen LogP contribution in [0.5, 0.6) is 5.75 Å². The summed E-state index contributed by atoms with van der Waals surface area (Å²) >= 11 is 16.3. The van der Waals surface area contributed by atoms with Gasteiger partial charge in [-0.05, 0) is 35.4 Å². The summed E-state index contributed by atoms with van der Waals surface area (Å²) in [5.41, 5.74) is 1.50. The van der Waals surface area contributed by atoms with Gasteiger partial charge in [-0.3, -0.25) is 4.72 Å². The van der Waals surface area contributed by atoms with E-state index in [1.807, 2.05) is 0 Å². The lowest BCUT2D eigenvalue weighted by Gasteiger charge is -2.13. The number of nitrogens with two attached hydrogens (primary N) is 1. The Kier molecular flexibility index (Phi) is 6.85. The van der Waals surface area contributed by atoms with Gasteiger partial charge in [0.1, 0.15) is 12.4 Å². The van der Waals surface area contributed by atoms with E-state index in [-0.39, 0.29) is 11.4 Å². The van der Waals surface area contributed by atoms with Crippen LogP contribution >= 0.6 is 34.8 Å². The molecule has 0 atom stereocenters. The van der Waals surface area contributed by atoms with Crippen LogP contribution in [-0.4, -0.2) is 27.2 Å². The van der Waals surface area contributed by atoms with Gasteiger partial charge in [0.05, 0.1) is 5.69 Å². The lowest BCUT2D eigenvalue weighted by atomic mass is 10.1. The molecule has 0 heterocycles. The number of hydrogen-bond donors (Lipinski definition) is 2. The van der Waals surface area contributed by atoms with E-state index in [1.165, 1.54) is 24.3 Å². The van der Waals surface area contributed by atoms with Crippen molar-refractivity contribution < 1.29 is 25.2 Å². The zero-order chi connectivity index (χ0) is 20.3. The lowest BCUT2D eigenvalue weighted by Crippen LogP contribution is -2.22. The maximum absolute atomic E-state index is 11.8. The summed E-state index contributed by atoms with van der Waals surface area (Å²) in [5.74, 6) is 0.0416. The Bertz CT molecular complexity index is 1010. The molecule has 0 amide bonds. The average Bonchev–Trinajstić information content (AvgIpc) is 2.52. The van der Waals surface area contributed by atoms with E-state index in [9.17, 15) is 16.8 Å². The van der Waals surface area contributed by atoms with Gasteiger partial charge in [0.15, 0.2) is 0 Å². The molecule has 3 N–H and O–H groups in total. The monoisotopic (exact) mass is 474 g/mol. The molecule has 148 valence electrons. The molecule has 2 rings (SSSR count). The summed E-state index contributed by atoms with van der Waals surface area (Å²) in [5, 5.41) is 4.83. The molecule has 2 aromatic carbocycles. The van der Waals surface area contributed by atoms with Crippen molar-refractivity contribution in [2.24, 2.45) is 5.14 Å². The number of halogens is 3. The first kappa shape index (κ1) is 22.0. The molecule has 0 spiro atoms. The third-order valence-electron chi connectivity index (χ3n) is 2.89. The van der Waals surface area contributed by atoms with E-state index in [1.54, 1.807) is 24.3 Å². The second-order valence-electron chi connectivity index (χ2n) is 5.11. The van der Waals surface area contributed by atoms with Crippen molar-refractivity contribution in [3.63, 3.8) is 0 Å². The van der Waals surface area contributed by atoms with Crippen LogP contribution in [0.4, 0.5) is 5.69 Å². The number of anilines is 1. The SMILES string of the molecule is NS(=O)(=O)Oc1cccc(-c2ccc(NS(=O)(=O)OCC(Cl)(Cl)Cl)cc2)c1. The quantitative estimate of drug-likeness (QED) is 0.593. The minimum absolute atomic E-state index is 0.0416. The summed E-state index contributed by atoms with van der Waals surface area (Å²) < 4.78 is 55.0. The molecule has 0 aliphatic carbocycles. The van der Waals surface area contributed by atoms with Crippen molar-refractivity contribution in [2.45, 2.75) is 3.79 Å². The standard InChI is InChI=1S/C14H13Cl3N2O6S2/c15-14(16,17)9-24-27(22,23)19-12-6-4-10(5-7-12)11-2-1-3-13(8-11)25-26(18,20)21/h1-8,19H,9H2,(H2,18,20,21). The van der Waals surface area contributed by atoms with E-state index in [4.69, 9.17) is 39.9 Å². The highest BCUT2D eigenvalue weighted by Gasteiger charge is 2.24. The van der Waals surface area contributed by atoms with E-state index in [2.05, 4.69) is 13.1 Å². The van der Waals surface area contributed by atoms with Crippen LogP contribution in [0.2, 0.25) is 0 Å². The largest absolute Gasteiger partial charge is 0.380 e. The van der Waals surface area contributed by atoms with Crippen LogP contribution < -0.4 is 14.0 Å². The molecule has 0 aromatic heterocycles. The molecular formula is C14H13Cl3N2O6S2. The molecule has 13 heteroatoms. The lowest BCUT2D eigenvalue weighted by molar-refractivity contribution is 0.329. The number of hydrogen-bond acceptors (Lipinski definition) is 6. The molecule has 2 aromatic rings. The van der Waals surface area contributed by atoms with Gasteiger partial charge in [0.25, 0.3) is 0 Å².